The van der Waals surface area contributed by atoms with E-state index < -0.39 is 0 Å². The van der Waals surface area contributed by atoms with Crippen LogP contribution in [0.2, 0.25) is 0 Å². The molecule has 102 valence electrons. The summed E-state index contributed by atoms with van der Waals surface area (Å²) in [6, 6.07) is 5.69. The molecule has 0 aliphatic rings. The van der Waals surface area contributed by atoms with Gasteiger partial charge in [0, 0.05) is 11.6 Å². The van der Waals surface area contributed by atoms with E-state index in [4.69, 9.17) is 5.73 Å². The second kappa shape index (κ2) is 5.57. The molecule has 2 rings (SSSR count). The van der Waals surface area contributed by atoms with E-state index >= 15 is 0 Å². The fraction of sp³-hybridized carbons (Fsp3) is 0.429. The van der Waals surface area contributed by atoms with Gasteiger partial charge < -0.3 is 11.1 Å². The van der Waals surface area contributed by atoms with Gasteiger partial charge in [-0.05, 0) is 30.5 Å². The maximum Gasteiger partial charge on any atom is 0.251 e. The normalized spacial score (nSPS) is 12.8. The van der Waals surface area contributed by atoms with Crippen LogP contribution in [0, 0.1) is 5.92 Å². The van der Waals surface area contributed by atoms with Crippen LogP contribution in [0.4, 0.5) is 5.13 Å². The van der Waals surface area contributed by atoms with Crippen LogP contribution in [0.5, 0.6) is 0 Å². The highest BCUT2D eigenvalue weighted by Crippen LogP contribution is 2.24. The smallest absolute Gasteiger partial charge is 0.251 e. The minimum absolute atomic E-state index is 0.0329. The van der Waals surface area contributed by atoms with Crippen molar-refractivity contribution < 1.29 is 4.79 Å². The number of aromatic nitrogens is 1. The molecule has 0 bridgehead atoms. The van der Waals surface area contributed by atoms with Crippen molar-refractivity contribution in [3.05, 3.63) is 23.8 Å². The summed E-state index contributed by atoms with van der Waals surface area (Å²) in [4.78, 5) is 16.4. The SMILES string of the molecule is CCC(NC(=O)c1ccc2nc(N)sc2c1)C(C)C. The Hall–Kier alpha value is -1.62. The van der Waals surface area contributed by atoms with E-state index in [2.05, 4.69) is 31.1 Å². The van der Waals surface area contributed by atoms with Gasteiger partial charge in [-0.2, -0.15) is 0 Å². The third-order valence-corrected chi connectivity index (χ3v) is 4.08. The molecular formula is C14H19N3OS. The number of nitrogens with one attached hydrogen (secondary N) is 1. The summed E-state index contributed by atoms with van der Waals surface area (Å²) in [5.41, 5.74) is 7.17. The number of benzene rings is 1. The Kier molecular flexibility index (Phi) is 4.04. The van der Waals surface area contributed by atoms with Crippen LogP contribution in [0.3, 0.4) is 0 Å². The van der Waals surface area contributed by atoms with Crippen LogP contribution in [-0.2, 0) is 0 Å². The standard InChI is InChI=1S/C14H19N3OS/c1-4-10(8(2)3)16-13(18)9-5-6-11-12(7-9)19-14(15)17-11/h5-8,10H,4H2,1-3H3,(H2,15,17)(H,16,18). The maximum atomic E-state index is 12.2. The summed E-state index contributed by atoms with van der Waals surface area (Å²) in [6.07, 6.45) is 0.930. The molecule has 1 aromatic heterocycles. The largest absolute Gasteiger partial charge is 0.375 e. The zero-order valence-corrected chi connectivity index (χ0v) is 12.3. The van der Waals surface area contributed by atoms with Gasteiger partial charge in [0.25, 0.3) is 5.91 Å². The second-order valence-electron chi connectivity index (χ2n) is 4.97. The summed E-state index contributed by atoms with van der Waals surface area (Å²) < 4.78 is 0.947. The monoisotopic (exact) mass is 277 g/mol. The van der Waals surface area contributed by atoms with Crippen molar-refractivity contribution in [2.24, 2.45) is 5.92 Å². The molecule has 0 aliphatic carbocycles. The average Bonchev–Trinajstić information content (AvgIpc) is 2.74. The maximum absolute atomic E-state index is 12.2. The van der Waals surface area contributed by atoms with Crippen molar-refractivity contribution in [1.82, 2.24) is 10.3 Å². The van der Waals surface area contributed by atoms with E-state index in [1.165, 1.54) is 11.3 Å². The number of thiazole rings is 1. The van der Waals surface area contributed by atoms with Gasteiger partial charge >= 0.3 is 0 Å². The van der Waals surface area contributed by atoms with Crippen LogP contribution in [-0.4, -0.2) is 16.9 Å². The van der Waals surface area contributed by atoms with Crippen molar-refractivity contribution in [1.29, 1.82) is 0 Å². The van der Waals surface area contributed by atoms with Gasteiger partial charge in [-0.15, -0.1) is 0 Å². The van der Waals surface area contributed by atoms with E-state index in [1.807, 2.05) is 12.1 Å². The Morgan fingerprint density at radius 1 is 1.47 bits per heavy atom. The van der Waals surface area contributed by atoms with Gasteiger partial charge in [0.2, 0.25) is 0 Å². The number of nitrogens with two attached hydrogens (primary N) is 1. The fourth-order valence-electron chi connectivity index (χ4n) is 2.08. The predicted molar refractivity (Wildman–Crippen MR) is 80.4 cm³/mol. The predicted octanol–water partition coefficient (Wildman–Crippen LogP) is 3.04. The van der Waals surface area contributed by atoms with Crippen molar-refractivity contribution in [3.8, 4) is 0 Å². The number of rotatable bonds is 4. The number of carbonyl (C=O) groups is 1. The molecule has 5 heteroatoms. The molecule has 0 radical (unpaired) electrons. The topological polar surface area (TPSA) is 68.0 Å². The van der Waals surface area contributed by atoms with Crippen LogP contribution >= 0.6 is 11.3 Å². The van der Waals surface area contributed by atoms with E-state index in [-0.39, 0.29) is 11.9 Å². The van der Waals surface area contributed by atoms with Crippen LogP contribution < -0.4 is 11.1 Å². The third kappa shape index (κ3) is 3.04. The Morgan fingerprint density at radius 3 is 2.84 bits per heavy atom. The highest BCUT2D eigenvalue weighted by atomic mass is 32.1. The summed E-state index contributed by atoms with van der Waals surface area (Å²) in [7, 11) is 0. The van der Waals surface area contributed by atoms with Crippen LogP contribution in [0.1, 0.15) is 37.6 Å². The summed E-state index contributed by atoms with van der Waals surface area (Å²) in [6.45, 7) is 6.31. The lowest BCUT2D eigenvalue weighted by molar-refractivity contribution is 0.0925. The molecule has 1 atom stereocenters. The van der Waals surface area contributed by atoms with E-state index in [9.17, 15) is 4.79 Å². The quantitative estimate of drug-likeness (QED) is 0.902. The Labute approximate surface area is 117 Å². The molecule has 0 saturated carbocycles. The summed E-state index contributed by atoms with van der Waals surface area (Å²) >= 11 is 1.40. The van der Waals surface area contributed by atoms with E-state index in [0.29, 0.717) is 16.6 Å². The van der Waals surface area contributed by atoms with E-state index in [0.717, 1.165) is 16.6 Å². The number of hydrogen-bond donors (Lipinski definition) is 2. The molecular weight excluding hydrogens is 258 g/mol. The first kappa shape index (κ1) is 13.8. The first-order chi connectivity index (χ1) is 9.01. The van der Waals surface area contributed by atoms with Gasteiger partial charge in [0.15, 0.2) is 5.13 Å². The number of carbonyl (C=O) groups excluding carboxylic acids is 1. The highest BCUT2D eigenvalue weighted by molar-refractivity contribution is 7.22. The third-order valence-electron chi connectivity index (χ3n) is 3.23. The molecule has 1 aromatic carbocycles. The highest BCUT2D eigenvalue weighted by Gasteiger charge is 2.15. The van der Waals surface area contributed by atoms with Crippen LogP contribution in [0.15, 0.2) is 18.2 Å². The van der Waals surface area contributed by atoms with Gasteiger partial charge in [-0.25, -0.2) is 4.98 Å². The van der Waals surface area contributed by atoms with Gasteiger partial charge in [-0.1, -0.05) is 32.1 Å². The fourth-order valence-corrected chi connectivity index (χ4v) is 2.85. The average molecular weight is 277 g/mol. The number of hydrogen-bond acceptors (Lipinski definition) is 4. The minimum Gasteiger partial charge on any atom is -0.375 e. The zero-order valence-electron chi connectivity index (χ0n) is 11.4. The molecule has 1 unspecified atom stereocenters. The van der Waals surface area contributed by atoms with E-state index in [1.54, 1.807) is 6.07 Å². The number of nitrogen functional groups attached to an aromatic ring is 1. The second-order valence-corrected chi connectivity index (χ2v) is 6.03. The number of nitrogens with zero attached hydrogens (tertiary/aromatic N) is 1. The molecule has 0 spiro atoms. The molecule has 1 amide bonds. The first-order valence-electron chi connectivity index (χ1n) is 6.48. The lowest BCUT2D eigenvalue weighted by atomic mass is 10.0. The van der Waals surface area contributed by atoms with Crippen molar-refractivity contribution in [2.45, 2.75) is 33.2 Å². The van der Waals surface area contributed by atoms with Gasteiger partial charge in [-0.3, -0.25) is 4.79 Å². The molecule has 4 nitrogen and oxygen atoms in total. The van der Waals surface area contributed by atoms with Crippen molar-refractivity contribution >= 4 is 32.6 Å². The Morgan fingerprint density at radius 2 is 2.21 bits per heavy atom. The molecule has 19 heavy (non-hydrogen) atoms. The molecule has 2 aromatic rings. The summed E-state index contributed by atoms with van der Waals surface area (Å²) in [5, 5.41) is 3.60. The molecule has 0 aliphatic heterocycles. The Bertz CT molecular complexity index is 591. The van der Waals surface area contributed by atoms with Crippen LogP contribution in [0.25, 0.3) is 10.2 Å². The first-order valence-corrected chi connectivity index (χ1v) is 7.29. The molecule has 3 N–H and O–H groups in total. The molecule has 0 saturated heterocycles. The molecule has 1 heterocycles. The number of amides is 1. The minimum atomic E-state index is -0.0329. The van der Waals surface area contributed by atoms with Crippen molar-refractivity contribution in [2.75, 3.05) is 5.73 Å². The number of fused-ring (bicyclic) bond motifs is 1. The van der Waals surface area contributed by atoms with Crippen molar-refractivity contribution in [3.63, 3.8) is 0 Å². The molecule has 0 fully saturated rings. The Balaban J connectivity index is 2.21. The van der Waals surface area contributed by atoms with Gasteiger partial charge in [0.05, 0.1) is 10.2 Å². The zero-order chi connectivity index (χ0) is 14.0. The summed E-state index contributed by atoms with van der Waals surface area (Å²) in [5.74, 6) is 0.395. The lowest BCUT2D eigenvalue weighted by Gasteiger charge is -2.20. The lowest BCUT2D eigenvalue weighted by Crippen LogP contribution is -2.37. The number of anilines is 1. The van der Waals surface area contributed by atoms with Gasteiger partial charge in [0.1, 0.15) is 0 Å².